The molecule has 0 aliphatic rings. The zero-order valence-electron chi connectivity index (χ0n) is 15.4. The first-order valence-electron chi connectivity index (χ1n) is 8.67. The maximum absolute atomic E-state index is 13.0. The summed E-state index contributed by atoms with van der Waals surface area (Å²) in [6, 6.07) is 17.2. The Balaban J connectivity index is 1.78. The molecule has 0 bridgehead atoms. The zero-order valence-corrected chi connectivity index (χ0v) is 16.2. The lowest BCUT2D eigenvalue weighted by Gasteiger charge is -2.05. The number of nitrogens with zero attached hydrogens (tertiary/aromatic N) is 3. The highest BCUT2D eigenvalue weighted by molar-refractivity contribution is 7.13. The predicted molar refractivity (Wildman–Crippen MR) is 110 cm³/mol. The summed E-state index contributed by atoms with van der Waals surface area (Å²) in [6.07, 6.45) is 1.74. The first-order valence-corrected chi connectivity index (χ1v) is 9.55. The number of hydrogen-bond acceptors (Lipinski definition) is 5. The second-order valence-corrected chi connectivity index (χ2v) is 7.01. The van der Waals surface area contributed by atoms with Crippen molar-refractivity contribution in [2.24, 2.45) is 0 Å². The summed E-state index contributed by atoms with van der Waals surface area (Å²) in [4.78, 5) is 17.3. The first-order chi connectivity index (χ1) is 13.6. The summed E-state index contributed by atoms with van der Waals surface area (Å²) in [5.74, 6) is 0.447. The molecule has 0 aliphatic carbocycles. The molecule has 1 N–H and O–H groups in total. The number of anilines is 1. The van der Waals surface area contributed by atoms with Crippen LogP contribution >= 0.6 is 11.3 Å². The number of hydrogen-bond donors (Lipinski definition) is 1. The van der Waals surface area contributed by atoms with Gasteiger partial charge in [0.1, 0.15) is 11.4 Å². The normalized spacial score (nSPS) is 10.6. The van der Waals surface area contributed by atoms with E-state index in [1.165, 1.54) is 11.3 Å². The average molecular weight is 390 g/mol. The third-order valence-electron chi connectivity index (χ3n) is 4.16. The van der Waals surface area contributed by atoms with Crippen LogP contribution in [0.25, 0.3) is 16.9 Å². The molecule has 0 saturated carbocycles. The van der Waals surface area contributed by atoms with E-state index in [-0.39, 0.29) is 5.91 Å². The number of benzene rings is 2. The molecule has 2 aromatic heterocycles. The van der Waals surface area contributed by atoms with E-state index in [1.54, 1.807) is 18.0 Å². The van der Waals surface area contributed by atoms with Crippen molar-refractivity contribution in [2.75, 3.05) is 12.4 Å². The van der Waals surface area contributed by atoms with Crippen molar-refractivity contribution in [2.45, 2.75) is 6.92 Å². The number of carbonyl (C=O) groups excluding carboxylic acids is 1. The van der Waals surface area contributed by atoms with Crippen LogP contribution in [0.3, 0.4) is 0 Å². The van der Waals surface area contributed by atoms with Gasteiger partial charge in [-0.3, -0.25) is 10.1 Å². The predicted octanol–water partition coefficient (Wildman–Crippen LogP) is 4.57. The number of aryl methyl sites for hydroxylation is 1. The molecule has 6 nitrogen and oxygen atoms in total. The average Bonchev–Trinajstić information content (AvgIpc) is 3.35. The highest BCUT2D eigenvalue weighted by Gasteiger charge is 2.20. The minimum Gasteiger partial charge on any atom is -0.497 e. The van der Waals surface area contributed by atoms with E-state index in [0.717, 1.165) is 16.9 Å². The zero-order chi connectivity index (χ0) is 19.5. The summed E-state index contributed by atoms with van der Waals surface area (Å²) in [7, 11) is 1.61. The second kappa shape index (κ2) is 7.66. The summed E-state index contributed by atoms with van der Waals surface area (Å²) in [5, 5.41) is 10.0. The molecule has 4 rings (SSSR count). The Morgan fingerprint density at radius 2 is 1.96 bits per heavy atom. The molecule has 7 heteroatoms. The van der Waals surface area contributed by atoms with Crippen LogP contribution < -0.4 is 10.1 Å². The fraction of sp³-hybridized carbons (Fsp3) is 0.0952. The van der Waals surface area contributed by atoms with E-state index in [9.17, 15) is 4.79 Å². The lowest BCUT2D eigenvalue weighted by atomic mass is 10.1. The Kier molecular flexibility index (Phi) is 4.90. The van der Waals surface area contributed by atoms with Gasteiger partial charge in [0.05, 0.1) is 24.1 Å². The van der Waals surface area contributed by atoms with Gasteiger partial charge in [-0.2, -0.15) is 5.10 Å². The maximum atomic E-state index is 13.0. The first kappa shape index (κ1) is 17.9. The van der Waals surface area contributed by atoms with Gasteiger partial charge in [-0.05, 0) is 31.2 Å². The molecule has 140 valence electrons. The molecule has 0 atom stereocenters. The number of para-hydroxylation sites is 1. The van der Waals surface area contributed by atoms with Gasteiger partial charge >= 0.3 is 0 Å². The van der Waals surface area contributed by atoms with Gasteiger partial charge in [0.2, 0.25) is 0 Å². The third kappa shape index (κ3) is 3.65. The molecule has 4 aromatic rings. The molecule has 1 amide bonds. The number of aromatic nitrogens is 3. The fourth-order valence-corrected chi connectivity index (χ4v) is 3.50. The second-order valence-electron chi connectivity index (χ2n) is 6.15. The largest absolute Gasteiger partial charge is 0.497 e. The quantitative estimate of drug-likeness (QED) is 0.542. The van der Waals surface area contributed by atoms with Crippen molar-refractivity contribution in [1.82, 2.24) is 14.8 Å². The molecule has 28 heavy (non-hydrogen) atoms. The summed E-state index contributed by atoms with van der Waals surface area (Å²) >= 11 is 1.39. The topological polar surface area (TPSA) is 69.0 Å². The van der Waals surface area contributed by atoms with Crippen molar-refractivity contribution in [3.63, 3.8) is 0 Å². The lowest BCUT2D eigenvalue weighted by Crippen LogP contribution is -2.12. The number of carbonyl (C=O) groups is 1. The van der Waals surface area contributed by atoms with E-state index in [4.69, 9.17) is 4.74 Å². The summed E-state index contributed by atoms with van der Waals surface area (Å²) < 4.78 is 7.03. The highest BCUT2D eigenvalue weighted by Crippen LogP contribution is 2.28. The van der Waals surface area contributed by atoms with E-state index < -0.39 is 0 Å². The lowest BCUT2D eigenvalue weighted by molar-refractivity contribution is 0.102. The molecule has 2 heterocycles. The molecule has 0 spiro atoms. The van der Waals surface area contributed by atoms with Gasteiger partial charge in [-0.15, -0.1) is 11.3 Å². The molecule has 0 saturated heterocycles. The molecule has 2 aromatic carbocycles. The number of nitrogens with one attached hydrogen (secondary N) is 1. The number of ether oxygens (including phenoxy) is 1. The van der Waals surface area contributed by atoms with Crippen LogP contribution in [0.4, 0.5) is 5.13 Å². The SMILES string of the molecule is COc1cccc(-c2nn(-c3ccccc3)cc2C(=O)Nc2nc(C)cs2)c1. The van der Waals surface area contributed by atoms with E-state index >= 15 is 0 Å². The van der Waals surface area contributed by atoms with Crippen LogP contribution in [0.5, 0.6) is 5.75 Å². The van der Waals surface area contributed by atoms with Crippen molar-refractivity contribution in [3.8, 4) is 22.7 Å². The van der Waals surface area contributed by atoms with Crippen molar-refractivity contribution >= 4 is 22.4 Å². The van der Waals surface area contributed by atoms with E-state index in [2.05, 4.69) is 15.4 Å². The van der Waals surface area contributed by atoms with Gasteiger partial charge < -0.3 is 4.74 Å². The molecule has 0 radical (unpaired) electrons. The van der Waals surface area contributed by atoms with Crippen molar-refractivity contribution < 1.29 is 9.53 Å². The number of amides is 1. The summed E-state index contributed by atoms with van der Waals surface area (Å²) in [6.45, 7) is 1.89. The van der Waals surface area contributed by atoms with Crippen molar-refractivity contribution in [3.05, 3.63) is 77.4 Å². The minimum atomic E-state index is -0.255. The van der Waals surface area contributed by atoms with Gasteiger partial charge in [-0.1, -0.05) is 30.3 Å². The Morgan fingerprint density at radius 3 is 2.68 bits per heavy atom. The highest BCUT2D eigenvalue weighted by atomic mass is 32.1. The molecular formula is C21H18N4O2S. The van der Waals surface area contributed by atoms with E-state index in [1.807, 2.05) is 66.9 Å². The van der Waals surface area contributed by atoms with E-state index in [0.29, 0.717) is 22.1 Å². The van der Waals surface area contributed by atoms with Crippen LogP contribution in [-0.4, -0.2) is 27.8 Å². The fourth-order valence-electron chi connectivity index (χ4n) is 2.81. The van der Waals surface area contributed by atoms with Gasteiger partial charge in [-0.25, -0.2) is 9.67 Å². The smallest absolute Gasteiger partial charge is 0.261 e. The molecular weight excluding hydrogens is 372 g/mol. The number of methoxy groups -OCH3 is 1. The Hall–Kier alpha value is -3.45. The van der Waals surface area contributed by atoms with Gasteiger partial charge in [0.15, 0.2) is 5.13 Å². The standard InChI is InChI=1S/C21H18N4O2S/c1-14-13-28-21(22-14)23-20(26)18-12-25(16-8-4-3-5-9-16)24-19(18)15-7-6-10-17(11-15)27-2/h3-13H,1-2H3,(H,22,23,26). The van der Waals surface area contributed by atoms with Crippen LogP contribution in [-0.2, 0) is 0 Å². The molecule has 0 fully saturated rings. The van der Waals surface area contributed by atoms with Crippen LogP contribution in [0.15, 0.2) is 66.2 Å². The van der Waals surface area contributed by atoms with Crippen LogP contribution in [0.1, 0.15) is 16.1 Å². The molecule has 0 unspecified atom stereocenters. The maximum Gasteiger partial charge on any atom is 0.261 e. The van der Waals surface area contributed by atoms with Gasteiger partial charge in [0, 0.05) is 17.1 Å². The Labute approximate surface area is 166 Å². The van der Waals surface area contributed by atoms with Crippen molar-refractivity contribution in [1.29, 1.82) is 0 Å². The third-order valence-corrected chi connectivity index (χ3v) is 5.04. The van der Waals surface area contributed by atoms with Crippen LogP contribution in [0.2, 0.25) is 0 Å². The Bertz CT molecular complexity index is 1120. The van der Waals surface area contributed by atoms with Gasteiger partial charge in [0.25, 0.3) is 5.91 Å². The number of thiazole rings is 1. The Morgan fingerprint density at radius 1 is 1.14 bits per heavy atom. The number of rotatable bonds is 5. The van der Waals surface area contributed by atoms with Crippen LogP contribution in [0, 0.1) is 6.92 Å². The monoisotopic (exact) mass is 390 g/mol. The molecule has 0 aliphatic heterocycles. The minimum absolute atomic E-state index is 0.255. The summed E-state index contributed by atoms with van der Waals surface area (Å²) in [5.41, 5.74) is 3.58.